The van der Waals surface area contributed by atoms with Gasteiger partial charge in [0.05, 0.1) is 6.04 Å². The van der Waals surface area contributed by atoms with Gasteiger partial charge in [-0.25, -0.2) is 4.79 Å². The number of likely N-dealkylation sites (tertiary alicyclic amines) is 1. The van der Waals surface area contributed by atoms with Crippen LogP contribution in [0, 0.1) is 0 Å². The summed E-state index contributed by atoms with van der Waals surface area (Å²) in [7, 11) is 1.75. The predicted molar refractivity (Wildman–Crippen MR) is 90.2 cm³/mol. The number of carbonyl (C=O) groups is 1. The van der Waals surface area contributed by atoms with Crippen molar-refractivity contribution < 1.29 is 9.53 Å². The van der Waals surface area contributed by atoms with Gasteiger partial charge < -0.3 is 20.3 Å². The first-order chi connectivity index (χ1) is 10.2. The van der Waals surface area contributed by atoms with E-state index in [0.717, 1.165) is 31.8 Å². The Bertz CT molecular complexity index is 388. The molecule has 1 unspecified atom stereocenters. The number of nitrogens with zero attached hydrogens (tertiary/aromatic N) is 2. The second-order valence-corrected chi connectivity index (χ2v) is 7.08. The van der Waals surface area contributed by atoms with Crippen molar-refractivity contribution in [3.8, 4) is 0 Å². The van der Waals surface area contributed by atoms with Crippen LogP contribution in [0.5, 0.6) is 0 Å². The Morgan fingerprint density at radius 2 is 2.05 bits per heavy atom. The highest BCUT2D eigenvalue weighted by Gasteiger charge is 2.30. The van der Waals surface area contributed by atoms with E-state index in [4.69, 9.17) is 4.74 Å². The largest absolute Gasteiger partial charge is 0.444 e. The standard InChI is InChI=1S/C16H32N4O2/c1-12(2)19-14(17-6)18-11-13-9-7-8-10-20(13)15(21)22-16(3,4)5/h12-13H,7-11H2,1-6H3,(H2,17,18,19). The predicted octanol–water partition coefficient (Wildman–Crippen LogP) is 2.35. The lowest BCUT2D eigenvalue weighted by molar-refractivity contribution is 0.0104. The van der Waals surface area contributed by atoms with Crippen LogP contribution < -0.4 is 10.6 Å². The summed E-state index contributed by atoms with van der Waals surface area (Å²) in [5, 5.41) is 6.56. The van der Waals surface area contributed by atoms with Gasteiger partial charge in [0.2, 0.25) is 0 Å². The average Bonchev–Trinajstić information content (AvgIpc) is 2.41. The first-order valence-electron chi connectivity index (χ1n) is 8.19. The van der Waals surface area contributed by atoms with Crippen molar-refractivity contribution in [2.24, 2.45) is 4.99 Å². The summed E-state index contributed by atoms with van der Waals surface area (Å²) in [6, 6.07) is 0.467. The van der Waals surface area contributed by atoms with Crippen LogP contribution in [0.3, 0.4) is 0 Å². The van der Waals surface area contributed by atoms with Gasteiger partial charge in [-0.15, -0.1) is 0 Å². The Morgan fingerprint density at radius 1 is 1.36 bits per heavy atom. The van der Waals surface area contributed by atoms with Gasteiger partial charge in [-0.3, -0.25) is 4.99 Å². The summed E-state index contributed by atoms with van der Waals surface area (Å²) in [4.78, 5) is 18.4. The highest BCUT2D eigenvalue weighted by atomic mass is 16.6. The Labute approximate surface area is 134 Å². The minimum Gasteiger partial charge on any atom is -0.444 e. The van der Waals surface area contributed by atoms with Crippen LogP contribution in [0.1, 0.15) is 53.9 Å². The van der Waals surface area contributed by atoms with Gasteiger partial charge in [-0.05, 0) is 53.9 Å². The molecule has 1 rings (SSSR count). The number of ether oxygens (including phenoxy) is 1. The molecule has 1 amide bonds. The molecule has 1 saturated heterocycles. The van der Waals surface area contributed by atoms with Crippen LogP contribution in [-0.2, 0) is 4.74 Å². The Balaban J connectivity index is 2.60. The summed E-state index contributed by atoms with van der Waals surface area (Å²) in [6.45, 7) is 11.3. The van der Waals surface area contributed by atoms with Crippen LogP contribution in [0.4, 0.5) is 4.79 Å². The van der Waals surface area contributed by atoms with Crippen molar-refractivity contribution in [3.05, 3.63) is 0 Å². The zero-order valence-electron chi connectivity index (χ0n) is 14.9. The number of guanidine groups is 1. The molecule has 128 valence electrons. The quantitative estimate of drug-likeness (QED) is 0.620. The molecule has 2 N–H and O–H groups in total. The number of hydrogen-bond acceptors (Lipinski definition) is 3. The molecule has 0 spiro atoms. The SMILES string of the molecule is CN=C(NCC1CCCCN1C(=O)OC(C)(C)C)NC(C)C. The number of nitrogens with one attached hydrogen (secondary N) is 2. The van der Waals surface area contributed by atoms with Gasteiger partial charge in [0.25, 0.3) is 0 Å². The molecule has 1 atom stereocenters. The van der Waals surface area contributed by atoms with Crippen LogP contribution in [0.2, 0.25) is 0 Å². The molecule has 1 aliphatic rings. The number of amides is 1. The minimum absolute atomic E-state index is 0.148. The van der Waals surface area contributed by atoms with Crippen LogP contribution in [0.25, 0.3) is 0 Å². The van der Waals surface area contributed by atoms with E-state index in [9.17, 15) is 4.79 Å². The van der Waals surface area contributed by atoms with Crippen molar-refractivity contribution in [2.75, 3.05) is 20.1 Å². The van der Waals surface area contributed by atoms with Gasteiger partial charge in [0.1, 0.15) is 5.60 Å². The van der Waals surface area contributed by atoms with Crippen LogP contribution >= 0.6 is 0 Å². The second-order valence-electron chi connectivity index (χ2n) is 7.08. The van der Waals surface area contributed by atoms with Crippen molar-refractivity contribution in [1.82, 2.24) is 15.5 Å². The smallest absolute Gasteiger partial charge is 0.410 e. The average molecular weight is 312 g/mol. The molecule has 0 aliphatic carbocycles. The third kappa shape index (κ3) is 6.54. The molecule has 0 saturated carbocycles. The first-order valence-corrected chi connectivity index (χ1v) is 8.19. The zero-order valence-corrected chi connectivity index (χ0v) is 14.9. The lowest BCUT2D eigenvalue weighted by Crippen LogP contribution is -2.52. The molecular weight excluding hydrogens is 280 g/mol. The number of aliphatic imine (C=N–C) groups is 1. The van der Waals surface area contributed by atoms with E-state index in [-0.39, 0.29) is 12.1 Å². The highest BCUT2D eigenvalue weighted by Crippen LogP contribution is 2.20. The zero-order chi connectivity index (χ0) is 16.8. The molecule has 0 radical (unpaired) electrons. The Morgan fingerprint density at radius 3 is 2.59 bits per heavy atom. The van der Waals surface area contributed by atoms with E-state index < -0.39 is 5.60 Å². The molecule has 0 aromatic carbocycles. The van der Waals surface area contributed by atoms with Crippen molar-refractivity contribution in [2.45, 2.75) is 71.6 Å². The summed E-state index contributed by atoms with van der Waals surface area (Å²) in [6.07, 6.45) is 2.95. The monoisotopic (exact) mass is 312 g/mol. The summed E-state index contributed by atoms with van der Waals surface area (Å²) in [5.41, 5.74) is -0.457. The minimum atomic E-state index is -0.457. The maximum absolute atomic E-state index is 12.3. The normalized spacial score (nSPS) is 20.0. The molecular formula is C16H32N4O2. The first kappa shape index (κ1) is 18.6. The van der Waals surface area contributed by atoms with E-state index in [1.807, 2.05) is 25.7 Å². The topological polar surface area (TPSA) is 66.0 Å². The second kappa shape index (κ2) is 8.25. The maximum Gasteiger partial charge on any atom is 0.410 e. The third-order valence-electron chi connectivity index (χ3n) is 3.41. The van der Waals surface area contributed by atoms with Gasteiger partial charge in [0, 0.05) is 26.2 Å². The lowest BCUT2D eigenvalue weighted by Gasteiger charge is -2.37. The molecule has 0 aromatic heterocycles. The fourth-order valence-corrected chi connectivity index (χ4v) is 2.46. The van der Waals surface area contributed by atoms with E-state index in [1.165, 1.54) is 0 Å². The van der Waals surface area contributed by atoms with Crippen molar-refractivity contribution >= 4 is 12.1 Å². The summed E-state index contributed by atoms with van der Waals surface area (Å²) in [5.74, 6) is 0.768. The molecule has 6 nitrogen and oxygen atoms in total. The highest BCUT2D eigenvalue weighted by molar-refractivity contribution is 5.80. The number of rotatable bonds is 3. The lowest BCUT2D eigenvalue weighted by atomic mass is 10.0. The van der Waals surface area contributed by atoms with Crippen LogP contribution in [-0.4, -0.2) is 54.8 Å². The van der Waals surface area contributed by atoms with E-state index in [1.54, 1.807) is 7.05 Å². The van der Waals surface area contributed by atoms with E-state index in [2.05, 4.69) is 29.5 Å². The van der Waals surface area contributed by atoms with Gasteiger partial charge >= 0.3 is 6.09 Å². The summed E-state index contributed by atoms with van der Waals surface area (Å²) >= 11 is 0. The third-order valence-corrected chi connectivity index (χ3v) is 3.41. The Hall–Kier alpha value is -1.46. The van der Waals surface area contributed by atoms with Gasteiger partial charge in [-0.1, -0.05) is 0 Å². The van der Waals surface area contributed by atoms with Crippen molar-refractivity contribution in [3.63, 3.8) is 0 Å². The maximum atomic E-state index is 12.3. The van der Waals surface area contributed by atoms with E-state index >= 15 is 0 Å². The molecule has 1 fully saturated rings. The molecule has 0 aromatic rings. The molecule has 6 heteroatoms. The fraction of sp³-hybridized carbons (Fsp3) is 0.875. The number of hydrogen-bond donors (Lipinski definition) is 2. The summed E-state index contributed by atoms with van der Waals surface area (Å²) < 4.78 is 5.52. The van der Waals surface area contributed by atoms with Gasteiger partial charge in [0.15, 0.2) is 5.96 Å². The van der Waals surface area contributed by atoms with Crippen LogP contribution in [0.15, 0.2) is 4.99 Å². The Kier molecular flexibility index (Phi) is 6.97. The molecule has 1 aliphatic heterocycles. The molecule has 0 bridgehead atoms. The van der Waals surface area contributed by atoms with Crippen molar-refractivity contribution in [1.29, 1.82) is 0 Å². The van der Waals surface area contributed by atoms with E-state index in [0.29, 0.717) is 12.6 Å². The number of carbonyl (C=O) groups excluding carboxylic acids is 1. The molecule has 1 heterocycles. The fourth-order valence-electron chi connectivity index (χ4n) is 2.46. The van der Waals surface area contributed by atoms with Gasteiger partial charge in [-0.2, -0.15) is 0 Å². The number of piperidine rings is 1. The molecule has 22 heavy (non-hydrogen) atoms.